The zero-order chi connectivity index (χ0) is 28.1. The molecule has 1 atom stereocenters. The molecule has 0 aliphatic heterocycles. The summed E-state index contributed by atoms with van der Waals surface area (Å²) in [5.74, 6) is 1.30. The molecule has 0 saturated heterocycles. The van der Waals surface area contributed by atoms with Gasteiger partial charge in [-0.1, -0.05) is 23.7 Å². The van der Waals surface area contributed by atoms with E-state index in [-0.39, 0.29) is 18.7 Å². The van der Waals surface area contributed by atoms with Crippen LogP contribution in [-0.4, -0.2) is 55.0 Å². The van der Waals surface area contributed by atoms with Crippen molar-refractivity contribution in [2.24, 2.45) is 0 Å². The molecule has 2 amide bonds. The second-order valence-electron chi connectivity index (χ2n) is 8.59. The number of urea groups is 1. The van der Waals surface area contributed by atoms with E-state index in [2.05, 4.69) is 21.2 Å². The van der Waals surface area contributed by atoms with E-state index in [1.54, 1.807) is 66.6 Å². The Morgan fingerprint density at radius 3 is 2.49 bits per heavy atom. The van der Waals surface area contributed by atoms with E-state index < -0.39 is 12.1 Å². The molecule has 0 saturated carbocycles. The Bertz CT molecular complexity index is 1540. The summed E-state index contributed by atoms with van der Waals surface area (Å²) in [7, 11) is 4.62. The normalized spacial score (nSPS) is 11.7. The number of carbonyl (C=O) groups excluding carboxylic acids is 1. The molecule has 0 fully saturated rings. The van der Waals surface area contributed by atoms with Crippen LogP contribution in [0.5, 0.6) is 11.5 Å². The minimum absolute atomic E-state index is 0.238. The topological polar surface area (TPSA) is 94.9 Å². The summed E-state index contributed by atoms with van der Waals surface area (Å²) in [6, 6.07) is 16.3. The van der Waals surface area contributed by atoms with E-state index in [9.17, 15) is 9.59 Å². The number of ether oxygens (including phenoxy) is 3. The van der Waals surface area contributed by atoms with Crippen LogP contribution < -0.4 is 20.3 Å². The van der Waals surface area contributed by atoms with Gasteiger partial charge in [0.15, 0.2) is 0 Å². The van der Waals surface area contributed by atoms with Gasteiger partial charge in [0.05, 0.1) is 47.9 Å². The molecule has 4 aromatic rings. The zero-order valence-corrected chi connectivity index (χ0v) is 24.2. The van der Waals surface area contributed by atoms with Gasteiger partial charge in [0.2, 0.25) is 0 Å². The van der Waals surface area contributed by atoms with Crippen molar-refractivity contribution in [2.75, 3.05) is 39.8 Å². The fourth-order valence-corrected chi connectivity index (χ4v) is 4.87. The predicted octanol–water partition coefficient (Wildman–Crippen LogP) is 6.06. The van der Waals surface area contributed by atoms with Crippen molar-refractivity contribution in [3.05, 3.63) is 86.3 Å². The first-order valence-electron chi connectivity index (χ1n) is 12.0. The lowest BCUT2D eigenvalue weighted by molar-refractivity contribution is 0.137. The Labute approximate surface area is 239 Å². The van der Waals surface area contributed by atoms with Crippen molar-refractivity contribution in [3.63, 3.8) is 0 Å². The second kappa shape index (κ2) is 12.5. The fraction of sp³-hybridized carbons (Fsp3) is 0.250. The number of methoxy groups -OCH3 is 3. The van der Waals surface area contributed by atoms with Gasteiger partial charge < -0.3 is 24.4 Å². The van der Waals surface area contributed by atoms with Gasteiger partial charge in [-0.05, 0) is 59.3 Å². The third-order valence-electron chi connectivity index (χ3n) is 6.23. The van der Waals surface area contributed by atoms with E-state index in [0.717, 1.165) is 0 Å². The zero-order valence-electron chi connectivity index (χ0n) is 21.9. The van der Waals surface area contributed by atoms with Crippen LogP contribution in [0.3, 0.4) is 0 Å². The van der Waals surface area contributed by atoms with Crippen LogP contribution in [0.25, 0.3) is 16.6 Å². The van der Waals surface area contributed by atoms with E-state index in [1.165, 1.54) is 18.8 Å². The Balaban J connectivity index is 1.91. The smallest absolute Gasteiger partial charge is 0.322 e. The number of anilines is 1. The molecule has 0 aliphatic carbocycles. The van der Waals surface area contributed by atoms with Gasteiger partial charge in [-0.15, -0.1) is 0 Å². The Kier molecular flexibility index (Phi) is 9.11. The van der Waals surface area contributed by atoms with Crippen LogP contribution in [0.4, 0.5) is 10.5 Å². The molecule has 0 spiro atoms. The van der Waals surface area contributed by atoms with E-state index >= 15 is 0 Å². The lowest BCUT2D eigenvalue weighted by Crippen LogP contribution is -2.41. The maximum Gasteiger partial charge on any atom is 0.322 e. The summed E-state index contributed by atoms with van der Waals surface area (Å²) in [5.41, 5.74) is 1.24. The molecule has 0 bridgehead atoms. The minimum Gasteiger partial charge on any atom is -0.497 e. The molecule has 0 aliphatic rings. The number of para-hydroxylation sites is 1. The quantitative estimate of drug-likeness (QED) is 0.246. The van der Waals surface area contributed by atoms with Crippen molar-refractivity contribution < 1.29 is 19.0 Å². The predicted molar refractivity (Wildman–Crippen MR) is 156 cm³/mol. The van der Waals surface area contributed by atoms with Gasteiger partial charge >= 0.3 is 6.03 Å². The summed E-state index contributed by atoms with van der Waals surface area (Å²) in [6.07, 6.45) is 0. The number of benzene rings is 3. The number of carbonyl (C=O) groups is 1. The molecule has 1 aromatic heterocycles. The number of hydrogen-bond donors (Lipinski definition) is 1. The van der Waals surface area contributed by atoms with E-state index in [1.807, 2.05) is 13.0 Å². The van der Waals surface area contributed by atoms with Gasteiger partial charge in [0.25, 0.3) is 5.56 Å². The van der Waals surface area contributed by atoms with Crippen LogP contribution >= 0.6 is 27.5 Å². The fourth-order valence-electron chi connectivity index (χ4n) is 4.18. The molecule has 1 N–H and O–H groups in total. The maximum atomic E-state index is 14.0. The first kappa shape index (κ1) is 28.4. The molecule has 1 heterocycles. The Morgan fingerprint density at radius 2 is 1.82 bits per heavy atom. The van der Waals surface area contributed by atoms with E-state index in [0.29, 0.717) is 49.1 Å². The summed E-state index contributed by atoms with van der Waals surface area (Å²) >= 11 is 9.59. The number of fused-ring (bicyclic) bond motifs is 1. The first-order chi connectivity index (χ1) is 18.8. The van der Waals surface area contributed by atoms with Crippen LogP contribution in [0.1, 0.15) is 18.8 Å². The average Bonchev–Trinajstić information content (AvgIpc) is 2.94. The lowest BCUT2D eigenvalue weighted by Gasteiger charge is -2.30. The number of nitrogens with one attached hydrogen (secondary N) is 1. The van der Waals surface area contributed by atoms with Crippen molar-refractivity contribution >= 4 is 50.2 Å². The molecule has 0 radical (unpaired) electrons. The highest BCUT2D eigenvalue weighted by Crippen LogP contribution is 2.37. The molecule has 1 unspecified atom stereocenters. The molecule has 3 aromatic carbocycles. The summed E-state index contributed by atoms with van der Waals surface area (Å²) in [6.45, 7) is 2.32. The summed E-state index contributed by atoms with van der Waals surface area (Å²) in [4.78, 5) is 34.0. The van der Waals surface area contributed by atoms with Crippen LogP contribution in [-0.2, 0) is 4.74 Å². The number of amides is 2. The lowest BCUT2D eigenvalue weighted by atomic mass is 10.1. The number of nitrogens with zero attached hydrogens (tertiary/aromatic N) is 3. The summed E-state index contributed by atoms with van der Waals surface area (Å²) < 4.78 is 18.3. The van der Waals surface area contributed by atoms with Crippen LogP contribution in [0, 0.1) is 0 Å². The third kappa shape index (κ3) is 6.03. The van der Waals surface area contributed by atoms with Crippen molar-refractivity contribution in [3.8, 4) is 17.2 Å². The van der Waals surface area contributed by atoms with Crippen molar-refractivity contribution in [1.82, 2.24) is 14.5 Å². The van der Waals surface area contributed by atoms with E-state index in [4.69, 9.17) is 30.8 Å². The highest BCUT2D eigenvalue weighted by molar-refractivity contribution is 9.10. The van der Waals surface area contributed by atoms with Crippen molar-refractivity contribution in [1.29, 1.82) is 0 Å². The minimum atomic E-state index is -0.658. The van der Waals surface area contributed by atoms with Gasteiger partial charge in [-0.3, -0.25) is 9.36 Å². The molecular formula is C28H28BrClN4O5. The molecular weight excluding hydrogens is 588 g/mol. The first-order valence-corrected chi connectivity index (χ1v) is 13.2. The number of aromatic nitrogens is 2. The van der Waals surface area contributed by atoms with Gasteiger partial charge in [0, 0.05) is 36.5 Å². The largest absolute Gasteiger partial charge is 0.497 e. The molecule has 39 heavy (non-hydrogen) atoms. The average molecular weight is 616 g/mol. The maximum absolute atomic E-state index is 14.0. The third-order valence-corrected chi connectivity index (χ3v) is 7.27. The van der Waals surface area contributed by atoms with Crippen LogP contribution in [0.15, 0.2) is 69.9 Å². The second-order valence-corrected chi connectivity index (χ2v) is 9.82. The van der Waals surface area contributed by atoms with Gasteiger partial charge in [0.1, 0.15) is 17.3 Å². The van der Waals surface area contributed by atoms with Crippen molar-refractivity contribution in [2.45, 2.75) is 13.0 Å². The Hall–Kier alpha value is -3.60. The highest BCUT2D eigenvalue weighted by atomic mass is 79.9. The van der Waals surface area contributed by atoms with Gasteiger partial charge in [-0.2, -0.15) is 0 Å². The number of hydrogen-bond acceptors (Lipinski definition) is 6. The van der Waals surface area contributed by atoms with Gasteiger partial charge in [-0.25, -0.2) is 9.78 Å². The number of halogens is 2. The Morgan fingerprint density at radius 1 is 1.10 bits per heavy atom. The monoisotopic (exact) mass is 614 g/mol. The van der Waals surface area contributed by atoms with Crippen LogP contribution in [0.2, 0.25) is 5.02 Å². The molecule has 11 heteroatoms. The highest BCUT2D eigenvalue weighted by Gasteiger charge is 2.28. The number of rotatable bonds is 9. The molecule has 4 rings (SSSR count). The molecule has 9 nitrogen and oxygen atoms in total. The standard InChI is InChI=1S/C28H28BrClN4O5/c1-17(33(13-14-37-2)28(36)31-19-11-9-18(30)10-12-19)26-32-22-8-6-5-7-21(22)27(35)34(26)23-15-20(38-3)16-24(39-4)25(23)29/h5-12,15-17H,13-14H2,1-4H3,(H,31,36). The molecule has 204 valence electrons. The SMILES string of the molecule is COCCN(C(=O)Nc1ccc(Cl)cc1)C(C)c1nc2ccccc2c(=O)n1-c1cc(OC)cc(OC)c1Br. The summed E-state index contributed by atoms with van der Waals surface area (Å²) in [5, 5.41) is 3.88.